The predicted molar refractivity (Wildman–Crippen MR) is 138 cm³/mol. The van der Waals surface area contributed by atoms with Gasteiger partial charge in [0.25, 0.3) is 0 Å². The standard InChI is InChI=1S/C24H31Cl2N3O4S/c1-5-27-24(31)18(3)28(16-19-11-12-20(25)15-22(19)26)23(30)10-7-13-29(34(4,32)33)21-9-6-8-17(2)14-21/h6,8-9,11-12,14-15,18H,5,7,10,13,16H2,1-4H3,(H,27,31)/t18-/m1/s1. The molecule has 2 aromatic carbocycles. The molecule has 0 saturated heterocycles. The highest BCUT2D eigenvalue weighted by atomic mass is 35.5. The molecule has 2 aromatic rings. The molecule has 0 heterocycles. The molecule has 0 unspecified atom stereocenters. The smallest absolute Gasteiger partial charge is 0.242 e. The number of anilines is 1. The molecule has 0 fully saturated rings. The van der Waals surface area contributed by atoms with Crippen molar-refractivity contribution in [3.8, 4) is 0 Å². The molecule has 0 aliphatic carbocycles. The van der Waals surface area contributed by atoms with Gasteiger partial charge in [-0.05, 0) is 62.6 Å². The van der Waals surface area contributed by atoms with Crippen LogP contribution in [0.15, 0.2) is 42.5 Å². The zero-order valence-corrected chi connectivity index (χ0v) is 22.2. The van der Waals surface area contributed by atoms with E-state index >= 15 is 0 Å². The van der Waals surface area contributed by atoms with Crippen molar-refractivity contribution in [1.82, 2.24) is 10.2 Å². The highest BCUT2D eigenvalue weighted by Crippen LogP contribution is 2.24. The predicted octanol–water partition coefficient (Wildman–Crippen LogP) is 4.40. The molecule has 10 heteroatoms. The minimum Gasteiger partial charge on any atom is -0.355 e. The van der Waals surface area contributed by atoms with Gasteiger partial charge in [-0.3, -0.25) is 13.9 Å². The van der Waals surface area contributed by atoms with Gasteiger partial charge in [-0.15, -0.1) is 0 Å². The summed E-state index contributed by atoms with van der Waals surface area (Å²) >= 11 is 12.3. The SMILES string of the molecule is CCNC(=O)[C@@H](C)N(Cc1ccc(Cl)cc1Cl)C(=O)CCCN(c1cccc(C)c1)S(C)(=O)=O. The van der Waals surface area contributed by atoms with Gasteiger partial charge in [0.05, 0.1) is 11.9 Å². The molecule has 0 aliphatic heterocycles. The Morgan fingerprint density at radius 2 is 1.82 bits per heavy atom. The summed E-state index contributed by atoms with van der Waals surface area (Å²) in [7, 11) is -3.53. The number of halogens is 2. The van der Waals surface area contributed by atoms with Gasteiger partial charge in [0.15, 0.2) is 0 Å². The number of benzene rings is 2. The average Bonchev–Trinajstić information content (AvgIpc) is 2.75. The van der Waals surface area contributed by atoms with E-state index in [9.17, 15) is 18.0 Å². The van der Waals surface area contributed by atoms with Crippen molar-refractivity contribution in [3.05, 3.63) is 63.6 Å². The number of nitrogens with one attached hydrogen (secondary N) is 1. The fourth-order valence-corrected chi connectivity index (χ4v) is 4.95. The summed E-state index contributed by atoms with van der Waals surface area (Å²) in [4.78, 5) is 27.2. The lowest BCUT2D eigenvalue weighted by Gasteiger charge is -2.29. The maximum absolute atomic E-state index is 13.2. The number of hydrogen-bond donors (Lipinski definition) is 1. The molecular weight excluding hydrogens is 497 g/mol. The Hall–Kier alpha value is -2.29. The van der Waals surface area contributed by atoms with Crippen LogP contribution in [0.1, 0.15) is 37.8 Å². The molecule has 0 aliphatic rings. The van der Waals surface area contributed by atoms with E-state index < -0.39 is 16.1 Å². The van der Waals surface area contributed by atoms with Gasteiger partial charge in [-0.2, -0.15) is 0 Å². The van der Waals surface area contributed by atoms with E-state index in [4.69, 9.17) is 23.2 Å². The molecule has 0 saturated carbocycles. The van der Waals surface area contributed by atoms with Crippen LogP contribution in [0.25, 0.3) is 0 Å². The van der Waals surface area contributed by atoms with Crippen molar-refractivity contribution < 1.29 is 18.0 Å². The summed E-state index contributed by atoms with van der Waals surface area (Å²) < 4.78 is 26.1. The molecule has 0 spiro atoms. The Bertz CT molecular complexity index is 1120. The van der Waals surface area contributed by atoms with Crippen LogP contribution in [-0.2, 0) is 26.2 Å². The van der Waals surface area contributed by atoms with E-state index in [0.29, 0.717) is 27.8 Å². The Morgan fingerprint density at radius 3 is 2.41 bits per heavy atom. The molecule has 186 valence electrons. The summed E-state index contributed by atoms with van der Waals surface area (Å²) in [6.07, 6.45) is 1.49. The maximum atomic E-state index is 13.2. The Labute approximate surface area is 212 Å². The quantitative estimate of drug-likeness (QED) is 0.469. The van der Waals surface area contributed by atoms with Gasteiger partial charge in [-0.1, -0.05) is 41.4 Å². The molecule has 1 N–H and O–H groups in total. The van der Waals surface area contributed by atoms with E-state index in [2.05, 4.69) is 5.32 Å². The number of rotatable bonds is 11. The van der Waals surface area contributed by atoms with Crippen LogP contribution in [0.3, 0.4) is 0 Å². The van der Waals surface area contributed by atoms with E-state index in [1.54, 1.807) is 50.2 Å². The van der Waals surface area contributed by atoms with Crippen LogP contribution in [0.4, 0.5) is 5.69 Å². The summed E-state index contributed by atoms with van der Waals surface area (Å²) in [5.41, 5.74) is 2.15. The number of hydrogen-bond acceptors (Lipinski definition) is 4. The molecule has 1 atom stereocenters. The van der Waals surface area contributed by atoms with Crippen LogP contribution in [0.5, 0.6) is 0 Å². The van der Waals surface area contributed by atoms with Crippen molar-refractivity contribution in [3.63, 3.8) is 0 Å². The first kappa shape index (κ1) is 28.0. The lowest BCUT2D eigenvalue weighted by molar-refractivity contribution is -0.140. The zero-order valence-electron chi connectivity index (χ0n) is 19.8. The number of carbonyl (C=O) groups is 2. The van der Waals surface area contributed by atoms with Gasteiger partial charge >= 0.3 is 0 Å². The van der Waals surface area contributed by atoms with Gasteiger partial charge in [0.2, 0.25) is 21.8 Å². The second-order valence-electron chi connectivity index (χ2n) is 8.11. The normalized spacial score (nSPS) is 12.2. The van der Waals surface area contributed by atoms with Crippen LogP contribution < -0.4 is 9.62 Å². The molecule has 0 aromatic heterocycles. The Morgan fingerprint density at radius 1 is 1.12 bits per heavy atom. The monoisotopic (exact) mass is 527 g/mol. The molecule has 2 rings (SSSR count). The van der Waals surface area contributed by atoms with Crippen molar-refractivity contribution in [2.45, 2.75) is 46.2 Å². The van der Waals surface area contributed by atoms with Crippen LogP contribution in [0.2, 0.25) is 10.0 Å². The van der Waals surface area contributed by atoms with E-state index in [-0.39, 0.29) is 37.7 Å². The van der Waals surface area contributed by atoms with Gasteiger partial charge in [-0.25, -0.2) is 8.42 Å². The zero-order chi connectivity index (χ0) is 25.5. The van der Waals surface area contributed by atoms with Crippen LogP contribution in [0, 0.1) is 6.92 Å². The third kappa shape index (κ3) is 7.89. The minimum absolute atomic E-state index is 0.0623. The third-order valence-corrected chi connectivity index (χ3v) is 7.10. The second-order valence-corrected chi connectivity index (χ2v) is 10.9. The molecule has 0 radical (unpaired) electrons. The molecule has 2 amide bonds. The first-order valence-electron chi connectivity index (χ1n) is 11.0. The lowest BCUT2D eigenvalue weighted by Crippen LogP contribution is -2.47. The summed E-state index contributed by atoms with van der Waals surface area (Å²) in [5, 5.41) is 3.61. The summed E-state index contributed by atoms with van der Waals surface area (Å²) in [5.74, 6) is -0.555. The lowest BCUT2D eigenvalue weighted by atomic mass is 10.1. The van der Waals surface area contributed by atoms with Crippen molar-refractivity contribution in [2.75, 3.05) is 23.7 Å². The van der Waals surface area contributed by atoms with E-state index in [1.807, 2.05) is 13.0 Å². The minimum atomic E-state index is -3.53. The number of amides is 2. The van der Waals surface area contributed by atoms with Gasteiger partial charge in [0, 0.05) is 36.1 Å². The second kappa shape index (κ2) is 12.4. The van der Waals surface area contributed by atoms with Crippen molar-refractivity contribution in [2.24, 2.45) is 0 Å². The van der Waals surface area contributed by atoms with E-state index in [1.165, 1.54) is 9.21 Å². The topological polar surface area (TPSA) is 86.8 Å². The first-order valence-corrected chi connectivity index (χ1v) is 13.6. The van der Waals surface area contributed by atoms with Crippen LogP contribution >= 0.6 is 23.2 Å². The van der Waals surface area contributed by atoms with Gasteiger partial charge in [0.1, 0.15) is 6.04 Å². The Kier molecular flexibility index (Phi) is 10.2. The van der Waals surface area contributed by atoms with Crippen molar-refractivity contribution in [1.29, 1.82) is 0 Å². The maximum Gasteiger partial charge on any atom is 0.242 e. The first-order chi connectivity index (χ1) is 15.9. The van der Waals surface area contributed by atoms with Gasteiger partial charge < -0.3 is 10.2 Å². The highest BCUT2D eigenvalue weighted by molar-refractivity contribution is 7.92. The molecule has 7 nitrogen and oxygen atoms in total. The van der Waals surface area contributed by atoms with Crippen molar-refractivity contribution >= 4 is 50.7 Å². The summed E-state index contributed by atoms with van der Waals surface area (Å²) in [6, 6.07) is 11.4. The fourth-order valence-electron chi connectivity index (χ4n) is 3.52. The average molecular weight is 529 g/mol. The molecular formula is C24H31Cl2N3O4S. The number of sulfonamides is 1. The summed E-state index contributed by atoms with van der Waals surface area (Å²) in [6.45, 7) is 6.04. The highest BCUT2D eigenvalue weighted by Gasteiger charge is 2.27. The number of carbonyl (C=O) groups excluding carboxylic acids is 2. The van der Waals surface area contributed by atoms with Crippen LogP contribution in [-0.4, -0.2) is 50.5 Å². The Balaban J connectivity index is 2.19. The third-order valence-electron chi connectivity index (χ3n) is 5.32. The number of aryl methyl sites for hydroxylation is 1. The molecule has 0 bridgehead atoms. The largest absolute Gasteiger partial charge is 0.355 e. The molecule has 34 heavy (non-hydrogen) atoms. The number of likely N-dealkylation sites (N-methyl/N-ethyl adjacent to an activating group) is 1. The van der Waals surface area contributed by atoms with E-state index in [0.717, 1.165) is 11.8 Å². The fraction of sp³-hybridized carbons (Fsp3) is 0.417. The number of nitrogens with zero attached hydrogens (tertiary/aromatic N) is 2.